The molecule has 0 heterocycles. The van der Waals surface area contributed by atoms with Gasteiger partial charge in [0.1, 0.15) is 11.5 Å². The van der Waals surface area contributed by atoms with Gasteiger partial charge in [0.15, 0.2) is 0 Å². The first-order valence-corrected chi connectivity index (χ1v) is 6.63. The Morgan fingerprint density at radius 3 is 2.63 bits per heavy atom. The molecule has 4 heteroatoms. The summed E-state index contributed by atoms with van der Waals surface area (Å²) in [5, 5.41) is 2.98. The number of carbonyl (C=O) groups excluding carboxylic acids is 1. The zero-order valence-electron chi connectivity index (χ0n) is 12.2. The van der Waals surface area contributed by atoms with E-state index in [1.54, 1.807) is 14.2 Å². The predicted octanol–water partition coefficient (Wildman–Crippen LogP) is 3.07. The SMILES string of the molecule is CCCCC(=O)NC(C)c1cc(OC)ccc1OC. The molecule has 4 nitrogen and oxygen atoms in total. The Morgan fingerprint density at radius 1 is 1.32 bits per heavy atom. The number of unbranched alkanes of at least 4 members (excludes halogenated alkanes) is 1. The average molecular weight is 265 g/mol. The van der Waals surface area contributed by atoms with Gasteiger partial charge in [-0.15, -0.1) is 0 Å². The van der Waals surface area contributed by atoms with Crippen molar-refractivity contribution < 1.29 is 14.3 Å². The fraction of sp³-hybridized carbons (Fsp3) is 0.533. The van der Waals surface area contributed by atoms with Crippen LogP contribution in [0.15, 0.2) is 18.2 Å². The number of amides is 1. The average Bonchev–Trinajstić information content (AvgIpc) is 2.44. The normalized spacial score (nSPS) is 11.8. The van der Waals surface area contributed by atoms with Crippen molar-refractivity contribution in [1.29, 1.82) is 0 Å². The number of benzene rings is 1. The Hall–Kier alpha value is -1.71. The van der Waals surface area contributed by atoms with Gasteiger partial charge in [0.05, 0.1) is 20.3 Å². The van der Waals surface area contributed by atoms with Crippen LogP contribution in [0.4, 0.5) is 0 Å². The first-order valence-electron chi connectivity index (χ1n) is 6.63. The summed E-state index contributed by atoms with van der Waals surface area (Å²) >= 11 is 0. The third kappa shape index (κ3) is 4.47. The quantitative estimate of drug-likeness (QED) is 0.824. The number of ether oxygens (including phenoxy) is 2. The highest BCUT2D eigenvalue weighted by atomic mass is 16.5. The molecule has 1 aromatic carbocycles. The van der Waals surface area contributed by atoms with Crippen molar-refractivity contribution >= 4 is 5.91 Å². The molecule has 0 radical (unpaired) electrons. The Kier molecular flexibility index (Phi) is 6.19. The molecule has 1 N–H and O–H groups in total. The van der Waals surface area contributed by atoms with Gasteiger partial charge < -0.3 is 14.8 Å². The van der Waals surface area contributed by atoms with Gasteiger partial charge in [-0.2, -0.15) is 0 Å². The lowest BCUT2D eigenvalue weighted by Gasteiger charge is -2.18. The lowest BCUT2D eigenvalue weighted by molar-refractivity contribution is -0.121. The molecule has 0 bridgehead atoms. The summed E-state index contributed by atoms with van der Waals surface area (Å²) in [6, 6.07) is 5.48. The molecule has 0 aromatic heterocycles. The predicted molar refractivity (Wildman–Crippen MR) is 75.6 cm³/mol. The molecule has 1 rings (SSSR count). The Balaban J connectivity index is 2.79. The number of hydrogen-bond donors (Lipinski definition) is 1. The molecular formula is C15H23NO3. The molecule has 0 aliphatic heterocycles. The van der Waals surface area contributed by atoms with Crippen LogP contribution >= 0.6 is 0 Å². The largest absolute Gasteiger partial charge is 0.497 e. The van der Waals surface area contributed by atoms with Gasteiger partial charge in [0.2, 0.25) is 5.91 Å². The summed E-state index contributed by atoms with van der Waals surface area (Å²) in [7, 11) is 3.24. The van der Waals surface area contributed by atoms with Gasteiger partial charge in [-0.1, -0.05) is 13.3 Å². The van der Waals surface area contributed by atoms with Gasteiger partial charge in [-0.25, -0.2) is 0 Å². The maximum atomic E-state index is 11.8. The van der Waals surface area contributed by atoms with E-state index in [2.05, 4.69) is 12.2 Å². The number of rotatable bonds is 7. The second-order valence-corrected chi connectivity index (χ2v) is 4.50. The summed E-state index contributed by atoms with van der Waals surface area (Å²) in [6.07, 6.45) is 2.49. The van der Waals surface area contributed by atoms with E-state index >= 15 is 0 Å². The zero-order chi connectivity index (χ0) is 14.3. The molecule has 0 saturated heterocycles. The van der Waals surface area contributed by atoms with E-state index in [0.29, 0.717) is 6.42 Å². The van der Waals surface area contributed by atoms with Crippen molar-refractivity contribution in [2.75, 3.05) is 14.2 Å². The molecule has 0 spiro atoms. The fourth-order valence-electron chi connectivity index (χ4n) is 1.91. The van der Waals surface area contributed by atoms with Crippen molar-refractivity contribution in [2.45, 2.75) is 39.2 Å². The van der Waals surface area contributed by atoms with Gasteiger partial charge in [-0.3, -0.25) is 4.79 Å². The Morgan fingerprint density at radius 2 is 2.05 bits per heavy atom. The van der Waals surface area contributed by atoms with Crippen molar-refractivity contribution in [1.82, 2.24) is 5.32 Å². The summed E-state index contributed by atoms with van der Waals surface area (Å²) in [4.78, 5) is 11.8. The number of methoxy groups -OCH3 is 2. The molecule has 0 fully saturated rings. The Labute approximate surface area is 115 Å². The molecule has 1 aromatic rings. The van der Waals surface area contributed by atoms with E-state index in [1.807, 2.05) is 25.1 Å². The lowest BCUT2D eigenvalue weighted by Crippen LogP contribution is -2.26. The highest BCUT2D eigenvalue weighted by Gasteiger charge is 2.14. The highest BCUT2D eigenvalue weighted by molar-refractivity contribution is 5.76. The highest BCUT2D eigenvalue weighted by Crippen LogP contribution is 2.29. The molecule has 1 amide bonds. The minimum Gasteiger partial charge on any atom is -0.497 e. The molecule has 1 atom stereocenters. The van der Waals surface area contributed by atoms with E-state index in [9.17, 15) is 4.79 Å². The van der Waals surface area contributed by atoms with Crippen LogP contribution in [0.3, 0.4) is 0 Å². The van der Waals surface area contributed by atoms with Gasteiger partial charge in [0, 0.05) is 12.0 Å². The number of nitrogens with one attached hydrogen (secondary N) is 1. The standard InChI is InChI=1S/C15H23NO3/c1-5-6-7-15(17)16-11(2)13-10-12(18-3)8-9-14(13)19-4/h8-11H,5-7H2,1-4H3,(H,16,17). The summed E-state index contributed by atoms with van der Waals surface area (Å²) in [6.45, 7) is 4.02. The maximum absolute atomic E-state index is 11.8. The van der Waals surface area contributed by atoms with E-state index in [4.69, 9.17) is 9.47 Å². The van der Waals surface area contributed by atoms with Crippen LogP contribution < -0.4 is 14.8 Å². The van der Waals surface area contributed by atoms with Crippen LogP contribution in [0.5, 0.6) is 11.5 Å². The molecule has 0 saturated carbocycles. The number of hydrogen-bond acceptors (Lipinski definition) is 3. The minimum atomic E-state index is -0.102. The smallest absolute Gasteiger partial charge is 0.220 e. The van der Waals surface area contributed by atoms with Crippen LogP contribution in [-0.4, -0.2) is 20.1 Å². The Bertz CT molecular complexity index is 418. The van der Waals surface area contributed by atoms with Crippen LogP contribution in [0.1, 0.15) is 44.7 Å². The third-order valence-electron chi connectivity index (χ3n) is 3.04. The van der Waals surface area contributed by atoms with Crippen LogP contribution in [0, 0.1) is 0 Å². The monoisotopic (exact) mass is 265 g/mol. The second-order valence-electron chi connectivity index (χ2n) is 4.50. The molecule has 19 heavy (non-hydrogen) atoms. The van der Waals surface area contributed by atoms with Crippen LogP contribution in [0.25, 0.3) is 0 Å². The fourth-order valence-corrected chi connectivity index (χ4v) is 1.91. The third-order valence-corrected chi connectivity index (χ3v) is 3.04. The molecule has 0 aliphatic carbocycles. The van der Waals surface area contributed by atoms with Crippen molar-refractivity contribution in [3.8, 4) is 11.5 Å². The molecule has 106 valence electrons. The van der Waals surface area contributed by atoms with Crippen LogP contribution in [0.2, 0.25) is 0 Å². The summed E-state index contributed by atoms with van der Waals surface area (Å²) in [5.41, 5.74) is 0.923. The first-order chi connectivity index (χ1) is 9.12. The lowest BCUT2D eigenvalue weighted by atomic mass is 10.1. The van der Waals surface area contributed by atoms with Gasteiger partial charge >= 0.3 is 0 Å². The van der Waals surface area contributed by atoms with E-state index in [0.717, 1.165) is 29.9 Å². The van der Waals surface area contributed by atoms with Crippen LogP contribution in [-0.2, 0) is 4.79 Å². The van der Waals surface area contributed by atoms with E-state index in [1.165, 1.54) is 0 Å². The number of carbonyl (C=O) groups is 1. The maximum Gasteiger partial charge on any atom is 0.220 e. The zero-order valence-corrected chi connectivity index (χ0v) is 12.2. The first kappa shape index (κ1) is 15.3. The van der Waals surface area contributed by atoms with Gasteiger partial charge in [0.25, 0.3) is 0 Å². The molecule has 1 unspecified atom stereocenters. The van der Waals surface area contributed by atoms with E-state index < -0.39 is 0 Å². The topological polar surface area (TPSA) is 47.6 Å². The van der Waals surface area contributed by atoms with Crippen molar-refractivity contribution in [3.63, 3.8) is 0 Å². The second kappa shape index (κ2) is 7.67. The van der Waals surface area contributed by atoms with Crippen molar-refractivity contribution in [3.05, 3.63) is 23.8 Å². The van der Waals surface area contributed by atoms with Gasteiger partial charge in [-0.05, 0) is 31.5 Å². The molecule has 0 aliphatic rings. The van der Waals surface area contributed by atoms with E-state index in [-0.39, 0.29) is 11.9 Å². The summed E-state index contributed by atoms with van der Waals surface area (Å²) < 4.78 is 10.5. The summed E-state index contributed by atoms with van der Waals surface area (Å²) in [5.74, 6) is 1.58. The molecular weight excluding hydrogens is 242 g/mol. The minimum absolute atomic E-state index is 0.0687. The van der Waals surface area contributed by atoms with Crippen molar-refractivity contribution in [2.24, 2.45) is 0 Å².